The highest BCUT2D eigenvalue weighted by atomic mass is 16.4. The van der Waals surface area contributed by atoms with Gasteiger partial charge in [-0.2, -0.15) is 0 Å². The fourth-order valence-corrected chi connectivity index (χ4v) is 1.93. The van der Waals surface area contributed by atoms with E-state index in [0.717, 1.165) is 0 Å². The molecular weight excluding hydrogens is 194 g/mol. The molecule has 2 aromatic rings. The molecule has 0 amide bonds. The van der Waals surface area contributed by atoms with Crippen molar-refractivity contribution in [1.82, 2.24) is 4.98 Å². The predicted molar refractivity (Wildman–Crippen MR) is 52.6 cm³/mol. The molecule has 1 aliphatic rings. The zero-order chi connectivity index (χ0) is 10.5. The Balaban J connectivity index is 2.24. The van der Waals surface area contributed by atoms with Crippen LogP contribution in [0.3, 0.4) is 0 Å². The Labute approximate surface area is 85.5 Å². The number of nitrogens with zero attached hydrogens (tertiary/aromatic N) is 1. The number of pyridine rings is 1. The third-order valence-electron chi connectivity index (χ3n) is 3.00. The third-order valence-corrected chi connectivity index (χ3v) is 3.00. The Kier molecular flexibility index (Phi) is 1.46. The van der Waals surface area contributed by atoms with E-state index >= 15 is 0 Å². The average molecular weight is 203 g/mol. The monoisotopic (exact) mass is 203 g/mol. The Hall–Kier alpha value is -1.84. The summed E-state index contributed by atoms with van der Waals surface area (Å²) in [5.41, 5.74) is 1.31. The molecular formula is C11H9NO3. The summed E-state index contributed by atoms with van der Waals surface area (Å²) in [6.45, 7) is 0. The maximum atomic E-state index is 11.2. The summed E-state index contributed by atoms with van der Waals surface area (Å²) in [6, 6.07) is 3.57. The number of aromatic nitrogens is 1. The van der Waals surface area contributed by atoms with Crippen molar-refractivity contribution in [2.24, 2.45) is 0 Å². The highest BCUT2D eigenvalue weighted by Gasteiger charge is 2.53. The van der Waals surface area contributed by atoms with Crippen molar-refractivity contribution in [3.63, 3.8) is 0 Å². The van der Waals surface area contributed by atoms with Gasteiger partial charge < -0.3 is 9.52 Å². The van der Waals surface area contributed by atoms with Crippen LogP contribution in [0.2, 0.25) is 0 Å². The van der Waals surface area contributed by atoms with Crippen molar-refractivity contribution in [3.8, 4) is 0 Å². The van der Waals surface area contributed by atoms with E-state index in [9.17, 15) is 4.79 Å². The number of aliphatic carboxylic acids is 1. The Morgan fingerprint density at radius 1 is 1.53 bits per heavy atom. The fourth-order valence-electron chi connectivity index (χ4n) is 1.93. The minimum atomic E-state index is -0.782. The van der Waals surface area contributed by atoms with Gasteiger partial charge >= 0.3 is 5.97 Å². The summed E-state index contributed by atoms with van der Waals surface area (Å²) >= 11 is 0. The summed E-state index contributed by atoms with van der Waals surface area (Å²) in [5.74, 6) is -0.782. The molecule has 0 atom stereocenters. The average Bonchev–Trinajstić information content (AvgIpc) is 2.93. The molecule has 0 radical (unpaired) electrons. The summed E-state index contributed by atoms with van der Waals surface area (Å²) in [5, 5.41) is 9.17. The first-order chi connectivity index (χ1) is 7.24. The van der Waals surface area contributed by atoms with Gasteiger partial charge in [-0.3, -0.25) is 9.78 Å². The van der Waals surface area contributed by atoms with E-state index in [2.05, 4.69) is 4.98 Å². The van der Waals surface area contributed by atoms with Crippen LogP contribution in [0.15, 0.2) is 29.0 Å². The van der Waals surface area contributed by atoms with Crippen molar-refractivity contribution in [2.45, 2.75) is 18.3 Å². The van der Waals surface area contributed by atoms with Gasteiger partial charge in [-0.15, -0.1) is 0 Å². The van der Waals surface area contributed by atoms with Crippen molar-refractivity contribution in [1.29, 1.82) is 0 Å². The van der Waals surface area contributed by atoms with Crippen LogP contribution >= 0.6 is 0 Å². The minimum Gasteiger partial charge on any atom is -0.481 e. The van der Waals surface area contributed by atoms with Crippen LogP contribution in [0.5, 0.6) is 0 Å². The number of hydrogen-bond acceptors (Lipinski definition) is 3. The Bertz CT molecular complexity index is 540. The third kappa shape index (κ3) is 1.02. The molecule has 4 nitrogen and oxygen atoms in total. The van der Waals surface area contributed by atoms with Gasteiger partial charge in [0.1, 0.15) is 5.52 Å². The zero-order valence-corrected chi connectivity index (χ0v) is 7.93. The van der Waals surface area contributed by atoms with E-state index in [4.69, 9.17) is 9.52 Å². The summed E-state index contributed by atoms with van der Waals surface area (Å²) in [4.78, 5) is 15.3. The summed E-state index contributed by atoms with van der Waals surface area (Å²) in [7, 11) is 0. The maximum Gasteiger partial charge on any atom is 0.314 e. The standard InChI is InChI=1S/C11H9NO3/c13-10(14)11(3-4-11)7-6-15-8-2-1-5-12-9(7)8/h1-2,5-6H,3-4H2,(H,13,14). The van der Waals surface area contributed by atoms with Gasteiger partial charge in [0.2, 0.25) is 0 Å². The Morgan fingerprint density at radius 3 is 3.00 bits per heavy atom. The van der Waals surface area contributed by atoms with E-state index in [1.807, 2.05) is 0 Å². The second kappa shape index (κ2) is 2.59. The first-order valence-corrected chi connectivity index (χ1v) is 4.80. The molecule has 2 aromatic heterocycles. The fraction of sp³-hybridized carbons (Fsp3) is 0.273. The molecule has 0 saturated heterocycles. The van der Waals surface area contributed by atoms with Gasteiger partial charge in [0.25, 0.3) is 0 Å². The lowest BCUT2D eigenvalue weighted by Crippen LogP contribution is -2.19. The van der Waals surface area contributed by atoms with Gasteiger partial charge in [0.15, 0.2) is 5.58 Å². The van der Waals surface area contributed by atoms with Gasteiger partial charge in [-0.25, -0.2) is 0 Å². The van der Waals surface area contributed by atoms with Gasteiger partial charge in [0, 0.05) is 11.8 Å². The molecule has 0 spiro atoms. The molecule has 0 aromatic carbocycles. The maximum absolute atomic E-state index is 11.2. The van der Waals surface area contributed by atoms with Crippen molar-refractivity contribution < 1.29 is 14.3 Å². The number of carboxylic acid groups (broad SMARTS) is 1. The second-order valence-electron chi connectivity index (χ2n) is 3.89. The molecule has 76 valence electrons. The van der Waals surface area contributed by atoms with E-state index in [1.54, 1.807) is 18.3 Å². The molecule has 3 rings (SSSR count). The van der Waals surface area contributed by atoms with Crippen LogP contribution in [0.4, 0.5) is 0 Å². The lowest BCUT2D eigenvalue weighted by molar-refractivity contribution is -0.140. The topological polar surface area (TPSA) is 63.3 Å². The lowest BCUT2D eigenvalue weighted by atomic mass is 9.98. The Morgan fingerprint density at radius 2 is 2.33 bits per heavy atom. The number of carbonyl (C=O) groups is 1. The second-order valence-corrected chi connectivity index (χ2v) is 3.89. The molecule has 1 saturated carbocycles. The number of rotatable bonds is 2. The van der Waals surface area contributed by atoms with Crippen LogP contribution in [0, 0.1) is 0 Å². The minimum absolute atomic E-state index is 0.653. The van der Waals surface area contributed by atoms with Gasteiger partial charge in [0.05, 0.1) is 11.7 Å². The summed E-state index contributed by atoms with van der Waals surface area (Å²) < 4.78 is 5.30. The van der Waals surface area contributed by atoms with Crippen LogP contribution < -0.4 is 0 Å². The van der Waals surface area contributed by atoms with E-state index in [1.165, 1.54) is 6.26 Å². The molecule has 2 heterocycles. The number of hydrogen-bond donors (Lipinski definition) is 1. The molecule has 0 aliphatic heterocycles. The SMILES string of the molecule is O=C(O)C1(c2coc3cccnc23)CC1. The van der Waals surface area contributed by atoms with Crippen LogP contribution in [-0.2, 0) is 10.2 Å². The molecule has 1 fully saturated rings. The first kappa shape index (κ1) is 8.47. The van der Waals surface area contributed by atoms with E-state index in [0.29, 0.717) is 29.5 Å². The largest absolute Gasteiger partial charge is 0.481 e. The number of fused-ring (bicyclic) bond motifs is 1. The molecule has 1 aliphatic carbocycles. The normalized spacial score (nSPS) is 17.9. The van der Waals surface area contributed by atoms with Gasteiger partial charge in [-0.1, -0.05) is 0 Å². The van der Waals surface area contributed by atoms with Crippen LogP contribution in [-0.4, -0.2) is 16.1 Å². The van der Waals surface area contributed by atoms with E-state index < -0.39 is 11.4 Å². The molecule has 0 unspecified atom stereocenters. The van der Waals surface area contributed by atoms with E-state index in [-0.39, 0.29) is 0 Å². The number of carboxylic acids is 1. The zero-order valence-electron chi connectivity index (χ0n) is 7.93. The molecule has 4 heteroatoms. The van der Waals surface area contributed by atoms with Crippen molar-refractivity contribution in [2.75, 3.05) is 0 Å². The smallest absolute Gasteiger partial charge is 0.314 e. The van der Waals surface area contributed by atoms with Gasteiger partial charge in [-0.05, 0) is 25.0 Å². The molecule has 0 bridgehead atoms. The predicted octanol–water partition coefficient (Wildman–Crippen LogP) is 1.94. The lowest BCUT2D eigenvalue weighted by Gasteiger charge is -2.05. The molecule has 1 N–H and O–H groups in total. The highest BCUT2D eigenvalue weighted by molar-refractivity contribution is 5.91. The first-order valence-electron chi connectivity index (χ1n) is 4.80. The highest BCUT2D eigenvalue weighted by Crippen LogP contribution is 2.50. The van der Waals surface area contributed by atoms with Crippen molar-refractivity contribution in [3.05, 3.63) is 30.2 Å². The molecule has 15 heavy (non-hydrogen) atoms. The quantitative estimate of drug-likeness (QED) is 0.810. The number of furan rings is 1. The van der Waals surface area contributed by atoms with Crippen LogP contribution in [0.25, 0.3) is 11.1 Å². The van der Waals surface area contributed by atoms with Crippen molar-refractivity contribution >= 4 is 17.1 Å². The van der Waals surface area contributed by atoms with Crippen LogP contribution in [0.1, 0.15) is 18.4 Å². The summed E-state index contributed by atoms with van der Waals surface area (Å²) in [6.07, 6.45) is 4.53.